The summed E-state index contributed by atoms with van der Waals surface area (Å²) in [5, 5.41) is 4.87. The van der Waals surface area contributed by atoms with Crippen molar-refractivity contribution in [3.05, 3.63) is 34.9 Å². The topological polar surface area (TPSA) is 32.3 Å². The maximum absolute atomic E-state index is 11.7. The van der Waals surface area contributed by atoms with Crippen LogP contribution in [0.5, 0.6) is 0 Å². The van der Waals surface area contributed by atoms with Gasteiger partial charge in [-0.25, -0.2) is 0 Å². The molecule has 1 saturated heterocycles. The van der Waals surface area contributed by atoms with Gasteiger partial charge in [-0.3, -0.25) is 4.79 Å². The second-order valence-corrected chi connectivity index (χ2v) is 7.17. The highest BCUT2D eigenvalue weighted by molar-refractivity contribution is 7.98. The SMILES string of the molecule is CCC(=O)N1CCC(NCC(SC)c2cccc(Cl)c2)CC1. The highest BCUT2D eigenvalue weighted by atomic mass is 35.5. The third-order valence-electron chi connectivity index (χ3n) is 4.25. The number of piperidine rings is 1. The zero-order chi connectivity index (χ0) is 15.9. The van der Waals surface area contributed by atoms with Crippen LogP contribution in [0, 0.1) is 0 Å². The van der Waals surface area contributed by atoms with E-state index in [1.807, 2.05) is 41.8 Å². The molecular weight excluding hydrogens is 316 g/mol. The second kappa shape index (κ2) is 8.80. The number of likely N-dealkylation sites (tertiary alicyclic amines) is 1. The van der Waals surface area contributed by atoms with Crippen molar-refractivity contribution in [3.8, 4) is 0 Å². The average Bonchev–Trinajstić information content (AvgIpc) is 2.55. The van der Waals surface area contributed by atoms with Crippen molar-refractivity contribution >= 4 is 29.3 Å². The van der Waals surface area contributed by atoms with Crippen molar-refractivity contribution < 1.29 is 4.79 Å². The van der Waals surface area contributed by atoms with Crippen molar-refractivity contribution in [1.82, 2.24) is 10.2 Å². The number of carbonyl (C=O) groups is 1. The van der Waals surface area contributed by atoms with Gasteiger partial charge in [0.05, 0.1) is 0 Å². The summed E-state index contributed by atoms with van der Waals surface area (Å²) in [5.74, 6) is 0.277. The molecule has 0 aliphatic carbocycles. The minimum absolute atomic E-state index is 0.277. The molecule has 1 N–H and O–H groups in total. The maximum Gasteiger partial charge on any atom is 0.222 e. The Morgan fingerprint density at radius 3 is 2.77 bits per heavy atom. The Hall–Kier alpha value is -0.710. The van der Waals surface area contributed by atoms with Crippen LogP contribution in [0.3, 0.4) is 0 Å². The van der Waals surface area contributed by atoms with E-state index in [0.717, 1.165) is 37.5 Å². The van der Waals surface area contributed by atoms with Gasteiger partial charge in [-0.1, -0.05) is 30.7 Å². The molecule has 22 heavy (non-hydrogen) atoms. The third-order valence-corrected chi connectivity index (χ3v) is 5.49. The van der Waals surface area contributed by atoms with Crippen LogP contribution in [0.1, 0.15) is 37.0 Å². The highest BCUT2D eigenvalue weighted by Gasteiger charge is 2.22. The predicted octanol–water partition coefficient (Wildman–Crippen LogP) is 3.73. The monoisotopic (exact) mass is 340 g/mol. The first-order valence-electron chi connectivity index (χ1n) is 7.93. The number of thioether (sulfide) groups is 1. The smallest absolute Gasteiger partial charge is 0.222 e. The molecule has 1 aromatic carbocycles. The molecule has 122 valence electrons. The first-order valence-corrected chi connectivity index (χ1v) is 9.60. The van der Waals surface area contributed by atoms with E-state index in [4.69, 9.17) is 11.6 Å². The second-order valence-electron chi connectivity index (χ2n) is 5.70. The van der Waals surface area contributed by atoms with E-state index in [-0.39, 0.29) is 5.91 Å². The fourth-order valence-corrected chi connectivity index (χ4v) is 3.75. The summed E-state index contributed by atoms with van der Waals surface area (Å²) >= 11 is 7.93. The van der Waals surface area contributed by atoms with Gasteiger partial charge in [0.25, 0.3) is 0 Å². The molecule has 1 unspecified atom stereocenters. The van der Waals surface area contributed by atoms with Gasteiger partial charge < -0.3 is 10.2 Å². The van der Waals surface area contributed by atoms with Gasteiger partial charge in [0, 0.05) is 42.4 Å². The Morgan fingerprint density at radius 1 is 1.45 bits per heavy atom. The molecular formula is C17H25ClN2OS. The minimum atomic E-state index is 0.277. The van der Waals surface area contributed by atoms with Crippen LogP contribution in [0.25, 0.3) is 0 Å². The number of benzene rings is 1. The number of hydrogen-bond donors (Lipinski definition) is 1. The van der Waals surface area contributed by atoms with Crippen molar-refractivity contribution in [1.29, 1.82) is 0 Å². The molecule has 1 amide bonds. The van der Waals surface area contributed by atoms with Gasteiger partial charge in [0.1, 0.15) is 0 Å². The number of halogens is 1. The number of rotatable bonds is 6. The standard InChI is InChI=1S/C17H25ClN2OS/c1-3-17(21)20-9-7-15(8-10-20)19-12-16(22-2)13-5-4-6-14(18)11-13/h4-6,11,15-16,19H,3,7-10,12H2,1-2H3. The van der Waals surface area contributed by atoms with Gasteiger partial charge in [-0.15, -0.1) is 0 Å². The molecule has 1 heterocycles. The zero-order valence-corrected chi connectivity index (χ0v) is 14.9. The van der Waals surface area contributed by atoms with E-state index in [9.17, 15) is 4.79 Å². The molecule has 1 aromatic rings. The van der Waals surface area contributed by atoms with Crippen LogP contribution >= 0.6 is 23.4 Å². The van der Waals surface area contributed by atoms with E-state index in [1.54, 1.807) is 0 Å². The molecule has 1 atom stereocenters. The molecule has 3 nitrogen and oxygen atoms in total. The first kappa shape index (κ1) is 17.6. The van der Waals surface area contributed by atoms with Gasteiger partial charge in [-0.2, -0.15) is 11.8 Å². The Bertz CT molecular complexity index is 489. The van der Waals surface area contributed by atoms with Gasteiger partial charge in [0.15, 0.2) is 0 Å². The molecule has 1 aliphatic rings. The van der Waals surface area contributed by atoms with Crippen LogP contribution in [0.2, 0.25) is 5.02 Å². The fourth-order valence-electron chi connectivity index (χ4n) is 2.87. The molecule has 0 saturated carbocycles. The number of amides is 1. The van der Waals surface area contributed by atoms with Crippen LogP contribution < -0.4 is 5.32 Å². The summed E-state index contributed by atoms with van der Waals surface area (Å²) in [4.78, 5) is 13.7. The Labute approximate surface area is 142 Å². The summed E-state index contributed by atoms with van der Waals surface area (Å²) in [7, 11) is 0. The van der Waals surface area contributed by atoms with Gasteiger partial charge in [0.2, 0.25) is 5.91 Å². The summed E-state index contributed by atoms with van der Waals surface area (Å²) < 4.78 is 0. The van der Waals surface area contributed by atoms with Gasteiger partial charge >= 0.3 is 0 Å². The van der Waals surface area contributed by atoms with Crippen LogP contribution in [-0.4, -0.2) is 42.7 Å². The summed E-state index contributed by atoms with van der Waals surface area (Å²) in [5.41, 5.74) is 1.27. The molecule has 0 bridgehead atoms. The largest absolute Gasteiger partial charge is 0.343 e. The van der Waals surface area contributed by atoms with Crippen LogP contribution in [0.15, 0.2) is 24.3 Å². The lowest BCUT2D eigenvalue weighted by atomic mass is 10.0. The van der Waals surface area contributed by atoms with Gasteiger partial charge in [-0.05, 0) is 36.8 Å². The molecule has 2 rings (SSSR count). The molecule has 0 aromatic heterocycles. The van der Waals surface area contributed by atoms with Crippen molar-refractivity contribution in [2.75, 3.05) is 25.9 Å². The number of hydrogen-bond acceptors (Lipinski definition) is 3. The highest BCUT2D eigenvalue weighted by Crippen LogP contribution is 2.28. The lowest BCUT2D eigenvalue weighted by Crippen LogP contribution is -2.45. The van der Waals surface area contributed by atoms with Crippen LogP contribution in [0.4, 0.5) is 0 Å². The summed E-state index contributed by atoms with van der Waals surface area (Å²) in [6.07, 6.45) is 4.84. The number of carbonyl (C=O) groups excluding carboxylic acids is 1. The number of nitrogens with one attached hydrogen (secondary N) is 1. The Balaban J connectivity index is 1.81. The van der Waals surface area contributed by atoms with E-state index in [1.165, 1.54) is 5.56 Å². The van der Waals surface area contributed by atoms with Crippen molar-refractivity contribution in [3.63, 3.8) is 0 Å². The minimum Gasteiger partial charge on any atom is -0.343 e. The van der Waals surface area contributed by atoms with Crippen molar-refractivity contribution in [2.24, 2.45) is 0 Å². The third kappa shape index (κ3) is 4.90. The van der Waals surface area contributed by atoms with E-state index < -0.39 is 0 Å². The lowest BCUT2D eigenvalue weighted by molar-refractivity contribution is -0.131. The van der Waals surface area contributed by atoms with E-state index >= 15 is 0 Å². The lowest BCUT2D eigenvalue weighted by Gasteiger charge is -2.33. The van der Waals surface area contributed by atoms with Crippen LogP contribution in [-0.2, 0) is 4.79 Å². The predicted molar refractivity (Wildman–Crippen MR) is 95.6 cm³/mol. The molecule has 1 aliphatic heterocycles. The Morgan fingerprint density at radius 2 is 2.18 bits per heavy atom. The quantitative estimate of drug-likeness (QED) is 0.856. The molecule has 0 spiro atoms. The summed E-state index contributed by atoms with van der Waals surface area (Å²) in [6.45, 7) is 4.63. The fraction of sp³-hybridized carbons (Fsp3) is 0.588. The van der Waals surface area contributed by atoms with E-state index in [0.29, 0.717) is 17.7 Å². The molecule has 0 radical (unpaired) electrons. The number of nitrogens with zero attached hydrogens (tertiary/aromatic N) is 1. The zero-order valence-electron chi connectivity index (χ0n) is 13.3. The maximum atomic E-state index is 11.7. The first-order chi connectivity index (χ1) is 10.6. The molecule has 5 heteroatoms. The average molecular weight is 341 g/mol. The van der Waals surface area contributed by atoms with Crippen molar-refractivity contribution in [2.45, 2.75) is 37.5 Å². The van der Waals surface area contributed by atoms with E-state index in [2.05, 4.69) is 17.6 Å². The summed E-state index contributed by atoms with van der Waals surface area (Å²) in [6, 6.07) is 8.62. The normalized spacial score (nSPS) is 17.5. The molecule has 1 fully saturated rings. The Kier molecular flexibility index (Phi) is 7.06.